The number of nitrogens with zero attached hydrogens (tertiary/aromatic N) is 2. The Morgan fingerprint density at radius 2 is 1.79 bits per heavy atom. The van der Waals surface area contributed by atoms with Crippen LogP contribution in [0.1, 0.15) is 35.7 Å². The quantitative estimate of drug-likeness (QED) is 0.742. The van der Waals surface area contributed by atoms with Gasteiger partial charge in [0.05, 0.1) is 10.9 Å². The van der Waals surface area contributed by atoms with Crippen LogP contribution < -0.4 is 4.90 Å². The van der Waals surface area contributed by atoms with Gasteiger partial charge in [0, 0.05) is 31.3 Å². The second-order valence-electron chi connectivity index (χ2n) is 7.22. The summed E-state index contributed by atoms with van der Waals surface area (Å²) in [7, 11) is -3.79. The van der Waals surface area contributed by atoms with Crippen molar-refractivity contribution in [2.45, 2.75) is 37.1 Å². The van der Waals surface area contributed by atoms with Crippen LogP contribution in [0.15, 0.2) is 53.4 Å². The molecule has 0 aromatic heterocycles. The smallest absolute Gasteiger partial charge is 0.243 e. The van der Waals surface area contributed by atoms with E-state index in [-0.39, 0.29) is 16.6 Å². The summed E-state index contributed by atoms with van der Waals surface area (Å²) in [4.78, 5) is 26.4. The Labute approximate surface area is 164 Å². The second kappa shape index (κ2) is 7.14. The van der Waals surface area contributed by atoms with Gasteiger partial charge in [-0.05, 0) is 43.0 Å². The van der Waals surface area contributed by atoms with Crippen molar-refractivity contribution >= 4 is 27.4 Å². The van der Waals surface area contributed by atoms with Crippen molar-refractivity contribution in [2.24, 2.45) is 0 Å². The number of rotatable bonds is 4. The second-order valence-corrected chi connectivity index (χ2v) is 9.11. The highest BCUT2D eigenvalue weighted by Crippen LogP contribution is 2.33. The highest BCUT2D eigenvalue weighted by atomic mass is 32.2. The third-order valence-corrected chi connectivity index (χ3v) is 7.40. The molecular weight excluding hydrogens is 376 g/mol. The lowest BCUT2D eigenvalue weighted by molar-refractivity contribution is -0.116. The van der Waals surface area contributed by atoms with E-state index in [4.69, 9.17) is 0 Å². The lowest BCUT2D eigenvalue weighted by atomic mass is 10.0. The summed E-state index contributed by atoms with van der Waals surface area (Å²) in [5.41, 5.74) is 2.15. The lowest BCUT2D eigenvalue weighted by Crippen LogP contribution is -2.40. The zero-order valence-electron chi connectivity index (χ0n) is 15.7. The van der Waals surface area contributed by atoms with Gasteiger partial charge >= 0.3 is 0 Å². The van der Waals surface area contributed by atoms with Crippen LogP contribution in [-0.2, 0) is 21.2 Å². The summed E-state index contributed by atoms with van der Waals surface area (Å²) in [6, 6.07) is 13.0. The van der Waals surface area contributed by atoms with Crippen LogP contribution in [0.4, 0.5) is 5.69 Å². The van der Waals surface area contributed by atoms with Crippen LogP contribution in [0.25, 0.3) is 0 Å². The van der Waals surface area contributed by atoms with Crippen LogP contribution in [0.5, 0.6) is 0 Å². The number of sulfonamides is 1. The standard InChI is InChI=1S/C21H22N2O4S/c1-15(24)22-13-11-17-14-18(9-10-19(17)22)28(26,27)23-12-5-8-20(23)21(25)16-6-3-2-4-7-16/h2-4,6-7,9-10,14,20H,5,8,11-13H2,1H3. The topological polar surface area (TPSA) is 74.8 Å². The zero-order valence-corrected chi connectivity index (χ0v) is 16.5. The van der Waals surface area contributed by atoms with Crippen LogP contribution >= 0.6 is 0 Å². The fourth-order valence-electron chi connectivity index (χ4n) is 4.09. The minimum atomic E-state index is -3.79. The molecule has 0 saturated carbocycles. The van der Waals surface area contributed by atoms with Gasteiger partial charge in [-0.1, -0.05) is 30.3 Å². The third kappa shape index (κ3) is 3.14. The lowest BCUT2D eigenvalue weighted by Gasteiger charge is -2.23. The van der Waals surface area contributed by atoms with Gasteiger partial charge in [0.25, 0.3) is 0 Å². The summed E-state index contributed by atoms with van der Waals surface area (Å²) in [6.07, 6.45) is 1.81. The fraction of sp³-hybridized carbons (Fsp3) is 0.333. The van der Waals surface area contributed by atoms with Gasteiger partial charge in [-0.3, -0.25) is 9.59 Å². The van der Waals surface area contributed by atoms with Crippen molar-refractivity contribution in [3.05, 3.63) is 59.7 Å². The number of benzene rings is 2. The molecule has 6 nitrogen and oxygen atoms in total. The summed E-state index contributed by atoms with van der Waals surface area (Å²) in [6.45, 7) is 2.40. The number of hydrogen-bond donors (Lipinski definition) is 0. The molecule has 0 N–H and O–H groups in total. The first kappa shape index (κ1) is 18.8. The van der Waals surface area contributed by atoms with E-state index in [1.165, 1.54) is 17.3 Å². The molecule has 1 fully saturated rings. The molecule has 0 bridgehead atoms. The average Bonchev–Trinajstić information content (AvgIpc) is 3.35. The average molecular weight is 398 g/mol. The highest BCUT2D eigenvalue weighted by molar-refractivity contribution is 7.89. The largest absolute Gasteiger partial charge is 0.312 e. The molecule has 2 aromatic rings. The molecule has 1 atom stereocenters. The third-order valence-electron chi connectivity index (χ3n) is 5.50. The Balaban J connectivity index is 1.65. The molecule has 1 saturated heterocycles. The van der Waals surface area contributed by atoms with Gasteiger partial charge in [-0.15, -0.1) is 0 Å². The maximum Gasteiger partial charge on any atom is 0.243 e. The van der Waals surface area contributed by atoms with Crippen LogP contribution in [0, 0.1) is 0 Å². The number of ketones is 1. The first-order valence-electron chi connectivity index (χ1n) is 9.42. The number of anilines is 1. The molecule has 7 heteroatoms. The first-order chi connectivity index (χ1) is 13.4. The van der Waals surface area contributed by atoms with E-state index >= 15 is 0 Å². The van der Waals surface area contributed by atoms with Crippen molar-refractivity contribution in [3.8, 4) is 0 Å². The van der Waals surface area contributed by atoms with Crippen molar-refractivity contribution in [1.29, 1.82) is 0 Å². The number of fused-ring (bicyclic) bond motifs is 1. The summed E-state index contributed by atoms with van der Waals surface area (Å²) < 4.78 is 27.9. The number of carbonyl (C=O) groups excluding carboxylic acids is 2. The summed E-state index contributed by atoms with van der Waals surface area (Å²) >= 11 is 0. The molecular formula is C21H22N2O4S. The van der Waals surface area contributed by atoms with Gasteiger partial charge < -0.3 is 4.90 Å². The molecule has 28 heavy (non-hydrogen) atoms. The Bertz CT molecular complexity index is 1030. The van der Waals surface area contributed by atoms with Crippen molar-refractivity contribution in [2.75, 3.05) is 18.0 Å². The summed E-state index contributed by atoms with van der Waals surface area (Å²) in [5.74, 6) is -0.215. The number of hydrogen-bond acceptors (Lipinski definition) is 4. The molecule has 4 rings (SSSR count). The van der Waals surface area contributed by atoms with Crippen LogP contribution in [-0.4, -0.2) is 43.5 Å². The van der Waals surface area contributed by atoms with Crippen molar-refractivity contribution in [3.63, 3.8) is 0 Å². The predicted octanol–water partition coefficient (Wildman–Crippen LogP) is 2.63. The monoisotopic (exact) mass is 398 g/mol. The zero-order chi connectivity index (χ0) is 19.9. The van der Waals surface area contributed by atoms with Gasteiger partial charge in [0.1, 0.15) is 0 Å². The van der Waals surface area contributed by atoms with E-state index in [0.717, 1.165) is 11.3 Å². The SMILES string of the molecule is CC(=O)N1CCc2cc(S(=O)(=O)N3CCCC3C(=O)c3ccccc3)ccc21. The van der Waals surface area contributed by atoms with Crippen molar-refractivity contribution < 1.29 is 18.0 Å². The van der Waals surface area contributed by atoms with E-state index in [0.29, 0.717) is 37.9 Å². The predicted molar refractivity (Wildman–Crippen MR) is 106 cm³/mol. The van der Waals surface area contributed by atoms with Crippen LogP contribution in [0.3, 0.4) is 0 Å². The molecule has 2 aliphatic heterocycles. The molecule has 0 radical (unpaired) electrons. The van der Waals surface area contributed by atoms with E-state index in [1.807, 2.05) is 6.07 Å². The van der Waals surface area contributed by atoms with E-state index in [9.17, 15) is 18.0 Å². The van der Waals surface area contributed by atoms with E-state index < -0.39 is 16.1 Å². The normalized spacial score (nSPS) is 19.6. The van der Waals surface area contributed by atoms with Crippen molar-refractivity contribution in [1.82, 2.24) is 4.31 Å². The molecule has 1 unspecified atom stereocenters. The van der Waals surface area contributed by atoms with Gasteiger partial charge in [0.2, 0.25) is 15.9 Å². The van der Waals surface area contributed by atoms with Crippen LogP contribution in [0.2, 0.25) is 0 Å². The van der Waals surface area contributed by atoms with E-state index in [1.54, 1.807) is 41.3 Å². The van der Waals surface area contributed by atoms with Gasteiger partial charge in [-0.2, -0.15) is 4.31 Å². The Hall–Kier alpha value is -2.51. The Morgan fingerprint density at radius 3 is 2.50 bits per heavy atom. The molecule has 2 heterocycles. The number of amides is 1. The van der Waals surface area contributed by atoms with E-state index in [2.05, 4.69) is 0 Å². The maximum atomic E-state index is 13.3. The minimum Gasteiger partial charge on any atom is -0.312 e. The molecule has 0 aliphatic carbocycles. The molecule has 2 aromatic carbocycles. The first-order valence-corrected chi connectivity index (χ1v) is 10.9. The minimum absolute atomic E-state index is 0.0533. The molecule has 0 spiro atoms. The maximum absolute atomic E-state index is 13.3. The number of Topliss-reactive ketones (excluding diaryl/α,β-unsaturated/α-hetero) is 1. The Kier molecular flexibility index (Phi) is 4.81. The fourth-order valence-corrected chi connectivity index (χ4v) is 5.79. The van der Waals surface area contributed by atoms with Gasteiger partial charge in [0.15, 0.2) is 5.78 Å². The molecule has 146 valence electrons. The summed E-state index contributed by atoms with van der Waals surface area (Å²) in [5, 5.41) is 0. The Morgan fingerprint density at radius 1 is 1.04 bits per heavy atom. The number of carbonyl (C=O) groups is 2. The molecule has 2 aliphatic rings. The molecule has 1 amide bonds. The highest BCUT2D eigenvalue weighted by Gasteiger charge is 2.40. The van der Waals surface area contributed by atoms with Gasteiger partial charge in [-0.25, -0.2) is 8.42 Å².